The van der Waals surface area contributed by atoms with Gasteiger partial charge in [-0.2, -0.15) is 0 Å². The molecule has 2 aromatic carbocycles. The zero-order chi connectivity index (χ0) is 13.9. The standard InChI is InChI=1S/C16H13ClN2O/c17-14-7-8-15(13-6-2-1-5-12(13)14)20-16-11(10-18)4-3-9-19-16/h1-9H,10,18H2. The summed E-state index contributed by atoms with van der Waals surface area (Å²) in [5.41, 5.74) is 6.57. The molecule has 3 rings (SSSR count). The second-order valence-corrected chi connectivity index (χ2v) is 4.77. The van der Waals surface area contributed by atoms with Crippen LogP contribution in [0.1, 0.15) is 5.56 Å². The molecule has 100 valence electrons. The normalized spacial score (nSPS) is 10.7. The maximum Gasteiger partial charge on any atom is 0.223 e. The summed E-state index contributed by atoms with van der Waals surface area (Å²) in [5, 5.41) is 2.61. The molecule has 20 heavy (non-hydrogen) atoms. The van der Waals surface area contributed by atoms with Gasteiger partial charge in [-0.1, -0.05) is 41.9 Å². The highest BCUT2D eigenvalue weighted by atomic mass is 35.5. The van der Waals surface area contributed by atoms with Gasteiger partial charge in [-0.3, -0.25) is 0 Å². The van der Waals surface area contributed by atoms with Crippen LogP contribution in [0.4, 0.5) is 0 Å². The molecule has 2 N–H and O–H groups in total. The van der Waals surface area contributed by atoms with Crippen LogP contribution in [0.5, 0.6) is 11.6 Å². The summed E-state index contributed by atoms with van der Waals surface area (Å²) >= 11 is 6.20. The van der Waals surface area contributed by atoms with Gasteiger partial charge in [-0.15, -0.1) is 0 Å². The summed E-state index contributed by atoms with van der Waals surface area (Å²) in [6, 6.07) is 15.3. The first-order chi connectivity index (χ1) is 9.79. The zero-order valence-corrected chi connectivity index (χ0v) is 11.5. The van der Waals surface area contributed by atoms with E-state index in [2.05, 4.69) is 4.98 Å². The van der Waals surface area contributed by atoms with Gasteiger partial charge in [0, 0.05) is 34.1 Å². The number of pyridine rings is 1. The quantitative estimate of drug-likeness (QED) is 0.786. The Bertz CT molecular complexity index is 758. The summed E-state index contributed by atoms with van der Waals surface area (Å²) in [5.74, 6) is 1.25. The Balaban J connectivity index is 2.09. The van der Waals surface area contributed by atoms with Crippen LogP contribution in [-0.4, -0.2) is 4.98 Å². The molecule has 0 radical (unpaired) electrons. The second-order valence-electron chi connectivity index (χ2n) is 4.36. The van der Waals surface area contributed by atoms with Gasteiger partial charge in [0.1, 0.15) is 5.75 Å². The molecule has 0 fully saturated rings. The van der Waals surface area contributed by atoms with Crippen molar-refractivity contribution >= 4 is 22.4 Å². The van der Waals surface area contributed by atoms with E-state index in [1.54, 1.807) is 6.20 Å². The minimum absolute atomic E-state index is 0.384. The first-order valence-electron chi connectivity index (χ1n) is 6.28. The number of hydrogen-bond acceptors (Lipinski definition) is 3. The fraction of sp³-hybridized carbons (Fsp3) is 0.0625. The highest BCUT2D eigenvalue weighted by molar-refractivity contribution is 6.35. The van der Waals surface area contributed by atoms with E-state index in [0.29, 0.717) is 17.4 Å². The third kappa shape index (κ3) is 2.33. The molecular weight excluding hydrogens is 272 g/mol. The molecule has 0 unspecified atom stereocenters. The molecule has 0 aliphatic carbocycles. The van der Waals surface area contributed by atoms with Gasteiger partial charge < -0.3 is 10.5 Å². The Labute approximate surface area is 122 Å². The van der Waals surface area contributed by atoms with Crippen molar-refractivity contribution in [3.8, 4) is 11.6 Å². The number of nitrogens with two attached hydrogens (primary N) is 1. The predicted octanol–water partition coefficient (Wildman–Crippen LogP) is 4.14. The van der Waals surface area contributed by atoms with Crippen molar-refractivity contribution in [2.75, 3.05) is 0 Å². The third-order valence-electron chi connectivity index (χ3n) is 3.11. The molecule has 0 saturated carbocycles. The molecule has 0 bridgehead atoms. The van der Waals surface area contributed by atoms with Crippen LogP contribution in [0.25, 0.3) is 10.8 Å². The molecule has 4 heteroatoms. The number of nitrogens with zero attached hydrogens (tertiary/aromatic N) is 1. The minimum atomic E-state index is 0.384. The molecule has 0 spiro atoms. The summed E-state index contributed by atoms with van der Waals surface area (Å²) in [6.07, 6.45) is 1.69. The largest absolute Gasteiger partial charge is 0.438 e. The van der Waals surface area contributed by atoms with Crippen molar-refractivity contribution in [3.63, 3.8) is 0 Å². The van der Waals surface area contributed by atoms with Gasteiger partial charge in [-0.25, -0.2) is 4.98 Å². The van der Waals surface area contributed by atoms with E-state index >= 15 is 0 Å². The number of benzene rings is 2. The Morgan fingerprint density at radius 2 is 1.80 bits per heavy atom. The summed E-state index contributed by atoms with van der Waals surface area (Å²) in [4.78, 5) is 4.24. The third-order valence-corrected chi connectivity index (χ3v) is 3.44. The van der Waals surface area contributed by atoms with Crippen molar-refractivity contribution in [1.29, 1.82) is 0 Å². The average Bonchev–Trinajstić information content (AvgIpc) is 2.51. The van der Waals surface area contributed by atoms with E-state index < -0.39 is 0 Å². The molecule has 0 aliphatic rings. The topological polar surface area (TPSA) is 48.1 Å². The highest BCUT2D eigenvalue weighted by Crippen LogP contribution is 2.34. The molecule has 1 heterocycles. The monoisotopic (exact) mass is 284 g/mol. The lowest BCUT2D eigenvalue weighted by Gasteiger charge is -2.11. The van der Waals surface area contributed by atoms with E-state index in [0.717, 1.165) is 22.1 Å². The molecule has 1 aromatic heterocycles. The molecule has 3 aromatic rings. The van der Waals surface area contributed by atoms with Crippen LogP contribution in [0.2, 0.25) is 5.02 Å². The van der Waals surface area contributed by atoms with Crippen molar-refractivity contribution in [3.05, 3.63) is 65.3 Å². The van der Waals surface area contributed by atoms with Gasteiger partial charge in [0.15, 0.2) is 0 Å². The Hall–Kier alpha value is -2.10. The molecule has 0 saturated heterocycles. The maximum absolute atomic E-state index is 6.20. The van der Waals surface area contributed by atoms with E-state index in [4.69, 9.17) is 22.1 Å². The smallest absolute Gasteiger partial charge is 0.223 e. The van der Waals surface area contributed by atoms with Gasteiger partial charge in [-0.05, 0) is 18.2 Å². The van der Waals surface area contributed by atoms with Crippen LogP contribution in [0, 0.1) is 0 Å². The van der Waals surface area contributed by atoms with E-state index in [1.165, 1.54) is 0 Å². The Morgan fingerprint density at radius 3 is 2.60 bits per heavy atom. The van der Waals surface area contributed by atoms with Crippen molar-refractivity contribution in [2.45, 2.75) is 6.54 Å². The van der Waals surface area contributed by atoms with Crippen molar-refractivity contribution in [1.82, 2.24) is 4.98 Å². The van der Waals surface area contributed by atoms with Crippen LogP contribution < -0.4 is 10.5 Å². The summed E-state index contributed by atoms with van der Waals surface area (Å²) in [6.45, 7) is 0.384. The van der Waals surface area contributed by atoms with E-state index in [-0.39, 0.29) is 0 Å². The number of hydrogen-bond donors (Lipinski definition) is 1. The number of fused-ring (bicyclic) bond motifs is 1. The Morgan fingerprint density at radius 1 is 1.00 bits per heavy atom. The van der Waals surface area contributed by atoms with Gasteiger partial charge >= 0.3 is 0 Å². The SMILES string of the molecule is NCc1cccnc1Oc1ccc(Cl)c2ccccc12. The minimum Gasteiger partial charge on any atom is -0.438 e. The first-order valence-corrected chi connectivity index (χ1v) is 6.66. The van der Waals surface area contributed by atoms with Crippen molar-refractivity contribution < 1.29 is 4.74 Å². The zero-order valence-electron chi connectivity index (χ0n) is 10.7. The number of aromatic nitrogens is 1. The van der Waals surface area contributed by atoms with Gasteiger partial charge in [0.05, 0.1) is 0 Å². The van der Waals surface area contributed by atoms with Gasteiger partial charge in [0.25, 0.3) is 0 Å². The lowest BCUT2D eigenvalue weighted by atomic mass is 10.1. The summed E-state index contributed by atoms with van der Waals surface area (Å²) in [7, 11) is 0. The van der Waals surface area contributed by atoms with Gasteiger partial charge in [0.2, 0.25) is 5.88 Å². The van der Waals surface area contributed by atoms with Crippen LogP contribution in [0.15, 0.2) is 54.7 Å². The highest BCUT2D eigenvalue weighted by Gasteiger charge is 2.09. The molecule has 0 amide bonds. The number of halogens is 1. The molecule has 0 atom stereocenters. The second kappa shape index (κ2) is 5.49. The fourth-order valence-electron chi connectivity index (χ4n) is 2.10. The summed E-state index contributed by atoms with van der Waals surface area (Å²) < 4.78 is 5.92. The van der Waals surface area contributed by atoms with Crippen molar-refractivity contribution in [2.24, 2.45) is 5.73 Å². The van der Waals surface area contributed by atoms with Crippen LogP contribution in [0.3, 0.4) is 0 Å². The molecule has 3 nitrogen and oxygen atoms in total. The molecular formula is C16H13ClN2O. The van der Waals surface area contributed by atoms with Crippen LogP contribution >= 0.6 is 11.6 Å². The lowest BCUT2D eigenvalue weighted by Crippen LogP contribution is -2.01. The lowest BCUT2D eigenvalue weighted by molar-refractivity contribution is 0.461. The number of rotatable bonds is 3. The fourth-order valence-corrected chi connectivity index (χ4v) is 2.33. The van der Waals surface area contributed by atoms with Crippen LogP contribution in [-0.2, 0) is 6.54 Å². The predicted molar refractivity (Wildman–Crippen MR) is 81.2 cm³/mol. The average molecular weight is 285 g/mol. The van der Waals surface area contributed by atoms with E-state index in [1.807, 2.05) is 48.5 Å². The van der Waals surface area contributed by atoms with E-state index in [9.17, 15) is 0 Å². The first kappa shape index (κ1) is 12.9. The Kier molecular flexibility index (Phi) is 3.54. The number of ether oxygens (including phenoxy) is 1. The molecule has 0 aliphatic heterocycles. The maximum atomic E-state index is 6.20.